The van der Waals surface area contributed by atoms with Crippen LogP contribution in [0.3, 0.4) is 0 Å². The van der Waals surface area contributed by atoms with E-state index < -0.39 is 5.41 Å². The van der Waals surface area contributed by atoms with Crippen molar-refractivity contribution in [2.24, 2.45) is 11.1 Å². The lowest BCUT2D eigenvalue weighted by Crippen LogP contribution is -2.41. The fourth-order valence-electron chi connectivity index (χ4n) is 0.961. The molecule has 0 aromatic carbocycles. The first-order valence-electron chi connectivity index (χ1n) is 5.55. The van der Waals surface area contributed by atoms with Crippen LogP contribution in [0.25, 0.3) is 0 Å². The van der Waals surface area contributed by atoms with Crippen molar-refractivity contribution in [2.75, 3.05) is 13.1 Å². The molecule has 0 saturated heterocycles. The second-order valence-corrected chi connectivity index (χ2v) is 4.96. The summed E-state index contributed by atoms with van der Waals surface area (Å²) in [7, 11) is 0. The second-order valence-electron chi connectivity index (χ2n) is 4.96. The number of hydrogen-bond donors (Lipinski definition) is 3. The van der Waals surface area contributed by atoms with Crippen molar-refractivity contribution in [3.8, 4) is 0 Å². The summed E-state index contributed by atoms with van der Waals surface area (Å²) in [5.74, 6) is -0.140. The third kappa shape index (κ3) is 6.40. The number of amides is 2. The minimum absolute atomic E-state index is 0.0224. The molecule has 0 aromatic rings. The first kappa shape index (κ1) is 14.9. The van der Waals surface area contributed by atoms with E-state index in [0.29, 0.717) is 13.1 Å². The van der Waals surface area contributed by atoms with E-state index in [4.69, 9.17) is 5.73 Å². The molecule has 0 aliphatic rings. The van der Waals surface area contributed by atoms with Crippen LogP contribution in [-0.2, 0) is 9.59 Å². The van der Waals surface area contributed by atoms with Crippen LogP contribution < -0.4 is 16.4 Å². The molecule has 0 fully saturated rings. The van der Waals surface area contributed by atoms with Crippen molar-refractivity contribution >= 4 is 11.8 Å². The lowest BCUT2D eigenvalue weighted by Gasteiger charge is -2.17. The Labute approximate surface area is 97.2 Å². The van der Waals surface area contributed by atoms with Gasteiger partial charge in [0.1, 0.15) is 0 Å². The van der Waals surface area contributed by atoms with Crippen LogP contribution in [0.4, 0.5) is 0 Å². The average Bonchev–Trinajstić information content (AvgIpc) is 2.15. The number of nitrogens with two attached hydrogens (primary N) is 1. The van der Waals surface area contributed by atoms with Crippen molar-refractivity contribution in [3.05, 3.63) is 0 Å². The molecule has 0 unspecified atom stereocenters. The van der Waals surface area contributed by atoms with Gasteiger partial charge in [0.05, 0.1) is 0 Å². The van der Waals surface area contributed by atoms with Crippen LogP contribution in [0.5, 0.6) is 0 Å². The summed E-state index contributed by atoms with van der Waals surface area (Å²) in [5.41, 5.74) is 4.95. The van der Waals surface area contributed by atoms with Gasteiger partial charge in [-0.2, -0.15) is 0 Å². The minimum atomic E-state index is -0.416. The quantitative estimate of drug-likeness (QED) is 0.620. The molecule has 16 heavy (non-hydrogen) atoms. The molecule has 0 aliphatic heterocycles. The summed E-state index contributed by atoms with van der Waals surface area (Å²) in [6, 6.07) is -0.0224. The third-order valence-electron chi connectivity index (χ3n) is 2.08. The van der Waals surface area contributed by atoms with Crippen LogP contribution in [0, 0.1) is 5.41 Å². The highest BCUT2D eigenvalue weighted by molar-refractivity contribution is 5.82. The van der Waals surface area contributed by atoms with Gasteiger partial charge in [0.2, 0.25) is 11.8 Å². The fraction of sp³-hybridized carbons (Fsp3) is 0.818. The zero-order chi connectivity index (χ0) is 12.8. The molecule has 0 aromatic heterocycles. The van der Waals surface area contributed by atoms with Gasteiger partial charge in [-0.25, -0.2) is 0 Å². The van der Waals surface area contributed by atoms with Crippen molar-refractivity contribution in [3.63, 3.8) is 0 Å². The summed E-state index contributed by atoms with van der Waals surface area (Å²) in [5, 5.41) is 5.44. The Morgan fingerprint density at radius 2 is 1.88 bits per heavy atom. The SMILES string of the molecule is C[C@@H](CN)NC(=O)CCNC(=O)C(C)(C)C. The molecule has 5 heteroatoms. The highest BCUT2D eigenvalue weighted by atomic mass is 16.2. The van der Waals surface area contributed by atoms with Gasteiger partial charge >= 0.3 is 0 Å². The molecule has 2 amide bonds. The highest BCUT2D eigenvalue weighted by Crippen LogP contribution is 2.11. The molecule has 0 spiro atoms. The molecule has 1 atom stereocenters. The first-order chi connectivity index (χ1) is 7.27. The van der Waals surface area contributed by atoms with Gasteiger partial charge in [-0.05, 0) is 6.92 Å². The van der Waals surface area contributed by atoms with E-state index in [1.54, 1.807) is 0 Å². The number of rotatable bonds is 5. The summed E-state index contributed by atoms with van der Waals surface area (Å²) in [6.07, 6.45) is 0.284. The Hall–Kier alpha value is -1.10. The van der Waals surface area contributed by atoms with Crippen molar-refractivity contribution in [2.45, 2.75) is 40.2 Å². The fourth-order valence-corrected chi connectivity index (χ4v) is 0.961. The second kappa shape index (κ2) is 6.48. The molecule has 0 heterocycles. The summed E-state index contributed by atoms with van der Waals surface area (Å²) in [4.78, 5) is 22.8. The summed E-state index contributed by atoms with van der Waals surface area (Å²) in [6.45, 7) is 8.11. The molecule has 0 aliphatic carbocycles. The van der Waals surface area contributed by atoms with E-state index in [9.17, 15) is 9.59 Å². The van der Waals surface area contributed by atoms with Gasteiger partial charge in [-0.1, -0.05) is 20.8 Å². The van der Waals surface area contributed by atoms with Crippen molar-refractivity contribution in [1.29, 1.82) is 0 Å². The molecular weight excluding hydrogens is 206 g/mol. The number of carbonyl (C=O) groups is 2. The summed E-state index contributed by atoms with van der Waals surface area (Å²) >= 11 is 0. The lowest BCUT2D eigenvalue weighted by atomic mass is 9.96. The Morgan fingerprint density at radius 1 is 1.31 bits per heavy atom. The van der Waals surface area contributed by atoms with Gasteiger partial charge in [0, 0.05) is 31.0 Å². The van der Waals surface area contributed by atoms with E-state index in [1.165, 1.54) is 0 Å². The van der Waals surface area contributed by atoms with Crippen molar-refractivity contribution < 1.29 is 9.59 Å². The molecule has 4 N–H and O–H groups in total. The van der Waals surface area contributed by atoms with Gasteiger partial charge in [0.15, 0.2) is 0 Å². The van der Waals surface area contributed by atoms with Gasteiger partial charge in [-0.15, -0.1) is 0 Å². The monoisotopic (exact) mass is 229 g/mol. The molecule has 94 valence electrons. The Bertz CT molecular complexity index is 246. The van der Waals surface area contributed by atoms with E-state index in [1.807, 2.05) is 27.7 Å². The topological polar surface area (TPSA) is 84.2 Å². The maximum atomic E-state index is 11.5. The largest absolute Gasteiger partial charge is 0.355 e. The predicted octanol–water partition coefficient (Wildman–Crippen LogP) is 0.00220. The zero-order valence-electron chi connectivity index (χ0n) is 10.6. The molecule has 5 nitrogen and oxygen atoms in total. The number of nitrogens with one attached hydrogen (secondary N) is 2. The van der Waals surface area contributed by atoms with Crippen LogP contribution in [0.1, 0.15) is 34.1 Å². The van der Waals surface area contributed by atoms with E-state index in [-0.39, 0.29) is 24.3 Å². The maximum Gasteiger partial charge on any atom is 0.225 e. The summed E-state index contributed by atoms with van der Waals surface area (Å²) < 4.78 is 0. The minimum Gasteiger partial charge on any atom is -0.355 e. The standard InChI is InChI=1S/C11H23N3O2/c1-8(7-12)14-9(15)5-6-13-10(16)11(2,3)4/h8H,5-7,12H2,1-4H3,(H,13,16)(H,14,15)/t8-/m0/s1. The highest BCUT2D eigenvalue weighted by Gasteiger charge is 2.20. The normalized spacial score (nSPS) is 13.1. The van der Waals surface area contributed by atoms with Crippen LogP contribution in [-0.4, -0.2) is 30.9 Å². The maximum absolute atomic E-state index is 11.5. The molecule has 0 bridgehead atoms. The Kier molecular flexibility index (Phi) is 6.03. The zero-order valence-corrected chi connectivity index (χ0v) is 10.6. The Balaban J connectivity index is 3.75. The van der Waals surface area contributed by atoms with Gasteiger partial charge in [0.25, 0.3) is 0 Å². The number of carbonyl (C=O) groups excluding carboxylic acids is 2. The lowest BCUT2D eigenvalue weighted by molar-refractivity contribution is -0.128. The molecular formula is C11H23N3O2. The number of hydrogen-bond acceptors (Lipinski definition) is 3. The average molecular weight is 229 g/mol. The van der Waals surface area contributed by atoms with E-state index in [0.717, 1.165) is 0 Å². The van der Waals surface area contributed by atoms with Crippen molar-refractivity contribution in [1.82, 2.24) is 10.6 Å². The molecule has 0 rings (SSSR count). The smallest absolute Gasteiger partial charge is 0.225 e. The van der Waals surface area contributed by atoms with Crippen LogP contribution in [0.2, 0.25) is 0 Å². The van der Waals surface area contributed by atoms with E-state index >= 15 is 0 Å². The first-order valence-corrected chi connectivity index (χ1v) is 5.55. The predicted molar refractivity (Wildman–Crippen MR) is 63.7 cm³/mol. The van der Waals surface area contributed by atoms with Crippen LogP contribution in [0.15, 0.2) is 0 Å². The molecule has 0 radical (unpaired) electrons. The Morgan fingerprint density at radius 3 is 2.31 bits per heavy atom. The van der Waals surface area contributed by atoms with Crippen LogP contribution >= 0.6 is 0 Å². The third-order valence-corrected chi connectivity index (χ3v) is 2.08. The van der Waals surface area contributed by atoms with Gasteiger partial charge < -0.3 is 16.4 Å². The van der Waals surface area contributed by atoms with E-state index in [2.05, 4.69) is 10.6 Å². The molecule has 0 saturated carbocycles. The van der Waals surface area contributed by atoms with Gasteiger partial charge in [-0.3, -0.25) is 9.59 Å².